The van der Waals surface area contributed by atoms with E-state index < -0.39 is 5.63 Å². The zero-order valence-corrected chi connectivity index (χ0v) is 16.4. The predicted molar refractivity (Wildman–Crippen MR) is 107 cm³/mol. The summed E-state index contributed by atoms with van der Waals surface area (Å²) < 4.78 is 6.12. The molecule has 1 aromatic heterocycles. The molecule has 0 fully saturated rings. The molecule has 2 aromatic carbocycles. The quantitative estimate of drug-likeness (QED) is 0.575. The van der Waals surface area contributed by atoms with E-state index in [0.29, 0.717) is 22.2 Å². The Bertz CT molecular complexity index is 933. The molecule has 2 atom stereocenters. The van der Waals surface area contributed by atoms with E-state index in [2.05, 4.69) is 15.9 Å². The molecule has 0 amide bonds. The van der Waals surface area contributed by atoms with Gasteiger partial charge in [0.2, 0.25) is 0 Å². The van der Waals surface area contributed by atoms with Crippen LogP contribution in [0.5, 0.6) is 5.75 Å². The van der Waals surface area contributed by atoms with Gasteiger partial charge in [-0.2, -0.15) is 0 Å². The van der Waals surface area contributed by atoms with Gasteiger partial charge >= 0.3 is 5.63 Å². The van der Waals surface area contributed by atoms with Crippen LogP contribution < -0.4 is 5.63 Å². The first-order chi connectivity index (χ1) is 12.5. The number of aromatic hydroxyl groups is 1. The molecule has 3 rings (SSSR count). The molecule has 3 aromatic rings. The van der Waals surface area contributed by atoms with Crippen molar-refractivity contribution in [3.63, 3.8) is 0 Å². The van der Waals surface area contributed by atoms with Crippen LogP contribution >= 0.6 is 15.9 Å². The zero-order valence-electron chi connectivity index (χ0n) is 14.8. The van der Waals surface area contributed by atoms with Crippen LogP contribution in [0.3, 0.4) is 0 Å². The minimum absolute atomic E-state index is 0.0327. The van der Waals surface area contributed by atoms with Crippen molar-refractivity contribution in [2.45, 2.75) is 32.1 Å². The van der Waals surface area contributed by atoms with Gasteiger partial charge in [0, 0.05) is 11.8 Å². The highest BCUT2D eigenvalue weighted by Gasteiger charge is 2.27. The van der Waals surface area contributed by atoms with Crippen molar-refractivity contribution >= 4 is 15.9 Å². The van der Waals surface area contributed by atoms with Crippen LogP contribution in [0.4, 0.5) is 0 Å². The zero-order chi connectivity index (χ0) is 18.7. The summed E-state index contributed by atoms with van der Waals surface area (Å²) in [5.41, 5.74) is 1.81. The third-order valence-electron chi connectivity index (χ3n) is 4.75. The molecule has 0 bridgehead atoms. The summed E-state index contributed by atoms with van der Waals surface area (Å²) in [5.74, 6) is 0.0277. The molecular formula is C22H21BrO3. The van der Waals surface area contributed by atoms with E-state index in [1.165, 1.54) is 0 Å². The van der Waals surface area contributed by atoms with Crippen LogP contribution in [-0.2, 0) is 0 Å². The summed E-state index contributed by atoms with van der Waals surface area (Å²) in [7, 11) is 0. The molecule has 134 valence electrons. The van der Waals surface area contributed by atoms with E-state index in [1.54, 1.807) is 0 Å². The van der Waals surface area contributed by atoms with Crippen molar-refractivity contribution in [1.82, 2.24) is 0 Å². The first-order valence-corrected chi connectivity index (χ1v) is 9.49. The minimum atomic E-state index is -0.487. The van der Waals surface area contributed by atoms with Crippen LogP contribution in [0, 0.1) is 0 Å². The Kier molecular flexibility index (Phi) is 5.62. The van der Waals surface area contributed by atoms with Crippen LogP contribution in [0.1, 0.15) is 54.6 Å². The molecule has 1 heterocycles. The molecule has 3 nitrogen and oxygen atoms in total. The largest absolute Gasteiger partial charge is 0.506 e. The van der Waals surface area contributed by atoms with Crippen molar-refractivity contribution in [3.8, 4) is 5.75 Å². The molecule has 0 saturated heterocycles. The third-order valence-corrected chi connectivity index (χ3v) is 5.52. The maximum Gasteiger partial charge on any atom is 0.343 e. The van der Waals surface area contributed by atoms with E-state index in [1.807, 2.05) is 74.5 Å². The van der Waals surface area contributed by atoms with Gasteiger partial charge in [-0.25, -0.2) is 4.79 Å². The Morgan fingerprint density at radius 3 is 2.08 bits per heavy atom. The van der Waals surface area contributed by atoms with Gasteiger partial charge in [-0.05, 0) is 33.5 Å². The molecular weight excluding hydrogens is 392 g/mol. The maximum atomic E-state index is 12.8. The summed E-state index contributed by atoms with van der Waals surface area (Å²) in [6.45, 7) is 3.94. The molecule has 0 spiro atoms. The second-order valence-corrected chi connectivity index (χ2v) is 7.13. The molecule has 0 aliphatic carbocycles. The highest BCUT2D eigenvalue weighted by atomic mass is 79.9. The highest BCUT2D eigenvalue weighted by molar-refractivity contribution is 9.10. The van der Waals surface area contributed by atoms with Gasteiger partial charge in [0.1, 0.15) is 11.5 Å². The summed E-state index contributed by atoms with van der Waals surface area (Å²) in [4.78, 5) is 12.8. The Labute approximate surface area is 161 Å². The predicted octanol–water partition coefficient (Wildman–Crippen LogP) is 5.80. The lowest BCUT2D eigenvalue weighted by atomic mass is 9.89. The average Bonchev–Trinajstić information content (AvgIpc) is 2.68. The van der Waals surface area contributed by atoms with Gasteiger partial charge < -0.3 is 9.52 Å². The molecule has 26 heavy (non-hydrogen) atoms. The lowest BCUT2D eigenvalue weighted by Gasteiger charge is -2.19. The first-order valence-electron chi connectivity index (χ1n) is 8.69. The molecule has 4 heteroatoms. The number of rotatable bonds is 5. The maximum absolute atomic E-state index is 12.8. The molecule has 0 radical (unpaired) electrons. The summed E-state index contributed by atoms with van der Waals surface area (Å²) >= 11 is 3.45. The number of hydrogen-bond acceptors (Lipinski definition) is 3. The number of hydrogen-bond donors (Lipinski definition) is 1. The van der Waals surface area contributed by atoms with Gasteiger partial charge in [-0.1, -0.05) is 74.5 Å². The summed E-state index contributed by atoms with van der Waals surface area (Å²) in [5, 5.41) is 10.8. The van der Waals surface area contributed by atoms with Crippen molar-refractivity contribution < 1.29 is 9.52 Å². The second kappa shape index (κ2) is 7.92. The van der Waals surface area contributed by atoms with E-state index in [9.17, 15) is 9.90 Å². The topological polar surface area (TPSA) is 50.4 Å². The minimum Gasteiger partial charge on any atom is -0.506 e. The molecule has 0 aliphatic heterocycles. The molecule has 0 aliphatic rings. The van der Waals surface area contributed by atoms with Crippen molar-refractivity contribution in [2.24, 2.45) is 0 Å². The van der Waals surface area contributed by atoms with Crippen LogP contribution in [-0.4, -0.2) is 5.11 Å². The van der Waals surface area contributed by atoms with Gasteiger partial charge in [0.05, 0.1) is 10.0 Å². The van der Waals surface area contributed by atoms with Crippen molar-refractivity contribution in [1.29, 1.82) is 0 Å². The van der Waals surface area contributed by atoms with Gasteiger partial charge in [0.25, 0.3) is 0 Å². The number of halogens is 1. The lowest BCUT2D eigenvalue weighted by Crippen LogP contribution is -2.16. The second-order valence-electron chi connectivity index (χ2n) is 6.33. The van der Waals surface area contributed by atoms with Crippen LogP contribution in [0.2, 0.25) is 0 Å². The van der Waals surface area contributed by atoms with Gasteiger partial charge in [-0.3, -0.25) is 0 Å². The summed E-state index contributed by atoms with van der Waals surface area (Å²) in [6.07, 6.45) is 0.683. The lowest BCUT2D eigenvalue weighted by molar-refractivity contribution is 0.395. The van der Waals surface area contributed by atoms with E-state index >= 15 is 0 Å². The summed E-state index contributed by atoms with van der Waals surface area (Å²) in [6, 6.07) is 19.5. The molecule has 1 N–H and O–H groups in total. The van der Waals surface area contributed by atoms with E-state index in [4.69, 9.17) is 4.42 Å². The number of benzene rings is 2. The molecule has 0 saturated carbocycles. The fraction of sp³-hybridized carbons (Fsp3) is 0.227. The fourth-order valence-corrected chi connectivity index (χ4v) is 3.94. The highest BCUT2D eigenvalue weighted by Crippen LogP contribution is 2.40. The third kappa shape index (κ3) is 3.47. The Hall–Kier alpha value is -2.33. The van der Waals surface area contributed by atoms with Crippen LogP contribution in [0.15, 0.2) is 74.3 Å². The standard InChI is InChI=1S/C22H21BrO3/c1-3-17(16-12-8-5-9-13-16)18-20(24)19(23)21(26-22(18)25)14(2)15-10-6-4-7-11-15/h4-14,17,24H,3H2,1-2H3. The monoisotopic (exact) mass is 412 g/mol. The van der Waals surface area contributed by atoms with Gasteiger partial charge in [-0.15, -0.1) is 0 Å². The normalized spacial score (nSPS) is 13.3. The Morgan fingerprint density at radius 2 is 1.54 bits per heavy atom. The SMILES string of the molecule is CCC(c1ccccc1)c1c(O)c(Br)c(C(C)c2ccccc2)oc1=O. The Balaban J connectivity index is 2.10. The average molecular weight is 413 g/mol. The van der Waals surface area contributed by atoms with E-state index in [-0.39, 0.29) is 17.6 Å². The van der Waals surface area contributed by atoms with E-state index in [0.717, 1.165) is 11.1 Å². The molecule has 2 unspecified atom stereocenters. The fourth-order valence-electron chi connectivity index (χ4n) is 3.30. The van der Waals surface area contributed by atoms with Crippen molar-refractivity contribution in [3.05, 3.63) is 98.0 Å². The smallest absolute Gasteiger partial charge is 0.343 e. The first kappa shape index (κ1) is 18.5. The van der Waals surface area contributed by atoms with Crippen LogP contribution in [0.25, 0.3) is 0 Å². The van der Waals surface area contributed by atoms with Crippen molar-refractivity contribution in [2.75, 3.05) is 0 Å². The van der Waals surface area contributed by atoms with Gasteiger partial charge in [0.15, 0.2) is 0 Å². The Morgan fingerprint density at radius 1 is 1.00 bits per heavy atom.